The van der Waals surface area contributed by atoms with Crippen molar-refractivity contribution in [3.05, 3.63) is 60.4 Å². The zero-order valence-electron chi connectivity index (χ0n) is 14.9. The molecule has 0 spiro atoms. The molecule has 2 heterocycles. The van der Waals surface area contributed by atoms with Crippen molar-refractivity contribution in [3.8, 4) is 16.9 Å². The van der Waals surface area contributed by atoms with E-state index >= 15 is 0 Å². The summed E-state index contributed by atoms with van der Waals surface area (Å²) in [5.41, 5.74) is 3.73. The summed E-state index contributed by atoms with van der Waals surface area (Å²) in [5, 5.41) is 5.87. The minimum absolute atomic E-state index is 0.344. The van der Waals surface area contributed by atoms with Gasteiger partial charge in [-0.2, -0.15) is 0 Å². The first kappa shape index (κ1) is 15.8. The standard InChI is InChI=1S/C23H24N2O/c1-2-17(1)23-14-20-13-18(3-4-19(20)15-25-23)16-5-7-21(8-6-16)26-22-9-11-24-12-10-22/h3-8,13-15,17,22,24H,1-2,9-12H2. The van der Waals surface area contributed by atoms with Crippen molar-refractivity contribution in [2.75, 3.05) is 13.1 Å². The highest BCUT2D eigenvalue weighted by Gasteiger charge is 2.24. The Balaban J connectivity index is 1.38. The lowest BCUT2D eigenvalue weighted by Gasteiger charge is -2.23. The van der Waals surface area contributed by atoms with Gasteiger partial charge in [0.15, 0.2) is 0 Å². The molecule has 2 aromatic carbocycles. The summed E-state index contributed by atoms with van der Waals surface area (Å²) in [7, 11) is 0. The maximum atomic E-state index is 6.12. The Morgan fingerprint density at radius 2 is 1.58 bits per heavy atom. The number of benzene rings is 2. The molecule has 3 nitrogen and oxygen atoms in total. The first-order chi connectivity index (χ1) is 12.8. The van der Waals surface area contributed by atoms with E-state index < -0.39 is 0 Å². The largest absolute Gasteiger partial charge is 0.490 e. The molecular formula is C23H24N2O. The van der Waals surface area contributed by atoms with E-state index in [1.165, 1.54) is 40.4 Å². The van der Waals surface area contributed by atoms with E-state index in [0.717, 1.165) is 31.7 Å². The van der Waals surface area contributed by atoms with E-state index in [2.05, 4.69) is 58.8 Å². The Bertz CT molecular complexity index is 909. The summed E-state index contributed by atoms with van der Waals surface area (Å²) < 4.78 is 6.12. The third-order valence-corrected chi connectivity index (χ3v) is 5.52. The molecule has 26 heavy (non-hydrogen) atoms. The van der Waals surface area contributed by atoms with E-state index in [1.54, 1.807) is 0 Å². The summed E-state index contributed by atoms with van der Waals surface area (Å²) >= 11 is 0. The van der Waals surface area contributed by atoms with Gasteiger partial charge in [-0.15, -0.1) is 0 Å². The molecule has 132 valence electrons. The fourth-order valence-electron chi connectivity index (χ4n) is 3.77. The quantitative estimate of drug-likeness (QED) is 0.730. The second-order valence-electron chi connectivity index (χ2n) is 7.54. The predicted octanol–water partition coefficient (Wildman–Crippen LogP) is 4.91. The fourth-order valence-corrected chi connectivity index (χ4v) is 3.77. The van der Waals surface area contributed by atoms with Crippen molar-refractivity contribution >= 4 is 10.8 Å². The topological polar surface area (TPSA) is 34.1 Å². The third kappa shape index (κ3) is 3.32. The minimum Gasteiger partial charge on any atom is -0.490 e. The average Bonchev–Trinajstić information content (AvgIpc) is 3.54. The highest BCUT2D eigenvalue weighted by atomic mass is 16.5. The lowest BCUT2D eigenvalue weighted by molar-refractivity contribution is 0.162. The molecule has 1 aliphatic carbocycles. The van der Waals surface area contributed by atoms with E-state index in [1.807, 2.05) is 6.20 Å². The Hall–Kier alpha value is -2.39. The molecule has 0 unspecified atom stereocenters. The summed E-state index contributed by atoms with van der Waals surface area (Å²) in [6, 6.07) is 17.4. The number of fused-ring (bicyclic) bond motifs is 1. The summed E-state index contributed by atoms with van der Waals surface area (Å²) in [5.74, 6) is 1.66. The number of pyridine rings is 1. The third-order valence-electron chi connectivity index (χ3n) is 5.52. The maximum absolute atomic E-state index is 6.12. The van der Waals surface area contributed by atoms with Gasteiger partial charge in [0.2, 0.25) is 0 Å². The highest BCUT2D eigenvalue weighted by molar-refractivity contribution is 5.87. The number of nitrogens with zero attached hydrogens (tertiary/aromatic N) is 1. The van der Waals surface area contributed by atoms with Gasteiger partial charge in [-0.25, -0.2) is 0 Å². The number of nitrogens with one attached hydrogen (secondary N) is 1. The molecule has 5 rings (SSSR count). The molecule has 2 fully saturated rings. The van der Waals surface area contributed by atoms with Crippen LogP contribution < -0.4 is 10.1 Å². The van der Waals surface area contributed by atoms with Crippen LogP contribution in [0.25, 0.3) is 21.9 Å². The molecule has 0 amide bonds. The predicted molar refractivity (Wildman–Crippen MR) is 106 cm³/mol. The van der Waals surface area contributed by atoms with E-state index in [0.29, 0.717) is 12.0 Å². The molecule has 0 bridgehead atoms. The van der Waals surface area contributed by atoms with Crippen LogP contribution in [0.5, 0.6) is 5.75 Å². The molecule has 1 aliphatic heterocycles. The average molecular weight is 344 g/mol. The second-order valence-corrected chi connectivity index (χ2v) is 7.54. The number of aromatic nitrogens is 1. The van der Waals surface area contributed by atoms with Crippen LogP contribution in [0.2, 0.25) is 0 Å². The lowest BCUT2D eigenvalue weighted by Crippen LogP contribution is -2.34. The first-order valence-electron chi connectivity index (χ1n) is 9.73. The molecule has 2 aliphatic rings. The van der Waals surface area contributed by atoms with Crippen molar-refractivity contribution < 1.29 is 4.74 Å². The Labute approximate surface area is 154 Å². The normalized spacial score (nSPS) is 18.2. The van der Waals surface area contributed by atoms with Crippen LogP contribution in [-0.2, 0) is 0 Å². The summed E-state index contributed by atoms with van der Waals surface area (Å²) in [6.07, 6.45) is 7.11. The smallest absolute Gasteiger partial charge is 0.119 e. The van der Waals surface area contributed by atoms with Crippen molar-refractivity contribution in [3.63, 3.8) is 0 Å². The van der Waals surface area contributed by atoms with Crippen LogP contribution in [0.15, 0.2) is 54.7 Å². The molecule has 1 N–H and O–H groups in total. The number of hydrogen-bond donors (Lipinski definition) is 1. The molecular weight excluding hydrogens is 320 g/mol. The number of piperidine rings is 1. The zero-order chi connectivity index (χ0) is 17.3. The van der Waals surface area contributed by atoms with E-state index in [9.17, 15) is 0 Å². The monoisotopic (exact) mass is 344 g/mol. The van der Waals surface area contributed by atoms with Crippen molar-refractivity contribution in [2.24, 2.45) is 0 Å². The van der Waals surface area contributed by atoms with Gasteiger partial charge in [0.25, 0.3) is 0 Å². The first-order valence-corrected chi connectivity index (χ1v) is 9.73. The van der Waals surface area contributed by atoms with Crippen LogP contribution in [0, 0.1) is 0 Å². The highest BCUT2D eigenvalue weighted by Crippen LogP contribution is 2.40. The fraction of sp³-hybridized carbons (Fsp3) is 0.348. The van der Waals surface area contributed by atoms with Gasteiger partial charge < -0.3 is 10.1 Å². The van der Waals surface area contributed by atoms with Gasteiger partial charge in [-0.1, -0.05) is 24.3 Å². The number of rotatable bonds is 4. The van der Waals surface area contributed by atoms with Gasteiger partial charge in [-0.3, -0.25) is 4.98 Å². The van der Waals surface area contributed by atoms with E-state index in [-0.39, 0.29) is 0 Å². The van der Waals surface area contributed by atoms with Gasteiger partial charge in [0.1, 0.15) is 11.9 Å². The van der Waals surface area contributed by atoms with Crippen molar-refractivity contribution in [2.45, 2.75) is 37.7 Å². The molecule has 0 atom stereocenters. The minimum atomic E-state index is 0.344. The SMILES string of the molecule is c1cc(-c2ccc3cnc(C4CC4)cc3c2)ccc1OC1CCNCC1. The number of ether oxygens (including phenoxy) is 1. The number of hydrogen-bond acceptors (Lipinski definition) is 3. The van der Waals surface area contributed by atoms with E-state index in [4.69, 9.17) is 4.74 Å². The molecule has 1 saturated carbocycles. The maximum Gasteiger partial charge on any atom is 0.119 e. The zero-order valence-corrected chi connectivity index (χ0v) is 14.9. The van der Waals surface area contributed by atoms with Crippen molar-refractivity contribution in [1.82, 2.24) is 10.3 Å². The van der Waals surface area contributed by atoms with Gasteiger partial charge in [0.05, 0.1) is 0 Å². The lowest BCUT2D eigenvalue weighted by atomic mass is 10.0. The van der Waals surface area contributed by atoms with Gasteiger partial charge >= 0.3 is 0 Å². The molecule has 3 heteroatoms. The van der Waals surface area contributed by atoms with Crippen LogP contribution in [0.1, 0.15) is 37.3 Å². The Morgan fingerprint density at radius 3 is 2.35 bits per heavy atom. The van der Waals surface area contributed by atoms with Crippen LogP contribution >= 0.6 is 0 Å². The summed E-state index contributed by atoms with van der Waals surface area (Å²) in [4.78, 5) is 4.62. The second kappa shape index (κ2) is 6.73. The Kier molecular flexibility index (Phi) is 4.10. The van der Waals surface area contributed by atoms with Crippen molar-refractivity contribution in [1.29, 1.82) is 0 Å². The van der Waals surface area contributed by atoms with Crippen LogP contribution in [0.3, 0.4) is 0 Å². The van der Waals surface area contributed by atoms with Crippen LogP contribution in [0.4, 0.5) is 0 Å². The molecule has 3 aromatic rings. The summed E-state index contributed by atoms with van der Waals surface area (Å²) in [6.45, 7) is 2.11. The Morgan fingerprint density at radius 1 is 0.808 bits per heavy atom. The molecule has 1 saturated heterocycles. The van der Waals surface area contributed by atoms with Gasteiger partial charge in [0, 0.05) is 23.2 Å². The molecule has 0 radical (unpaired) electrons. The van der Waals surface area contributed by atoms with Crippen LogP contribution in [-0.4, -0.2) is 24.2 Å². The van der Waals surface area contributed by atoms with Gasteiger partial charge in [-0.05, 0) is 79.6 Å². The molecule has 1 aromatic heterocycles.